The maximum absolute atomic E-state index is 5.83. The van der Waals surface area contributed by atoms with E-state index < -0.39 is 0 Å². The van der Waals surface area contributed by atoms with Crippen LogP contribution in [0.2, 0.25) is 5.02 Å². The van der Waals surface area contributed by atoms with Crippen LogP contribution in [-0.4, -0.2) is 13.2 Å². The summed E-state index contributed by atoms with van der Waals surface area (Å²) in [6.07, 6.45) is 0. The predicted molar refractivity (Wildman–Crippen MR) is 82.8 cm³/mol. The predicted octanol–water partition coefficient (Wildman–Crippen LogP) is 4.00. The molecule has 0 unspecified atom stereocenters. The Kier molecular flexibility index (Phi) is 4.74. The van der Waals surface area contributed by atoms with Crippen LogP contribution in [0, 0.1) is 13.8 Å². The van der Waals surface area contributed by atoms with Gasteiger partial charge in [-0.1, -0.05) is 29.3 Å². The molecule has 0 radical (unpaired) electrons. The summed E-state index contributed by atoms with van der Waals surface area (Å²) in [6, 6.07) is 11.3. The van der Waals surface area contributed by atoms with Crippen molar-refractivity contribution < 1.29 is 9.47 Å². The van der Waals surface area contributed by atoms with Gasteiger partial charge in [0.2, 0.25) is 0 Å². The van der Waals surface area contributed by atoms with E-state index in [4.69, 9.17) is 26.8 Å². The second-order valence-corrected chi connectivity index (χ2v) is 5.08. The molecule has 0 spiro atoms. The Morgan fingerprint density at radius 3 is 2.25 bits per heavy atom. The number of rotatable bonds is 5. The lowest BCUT2D eigenvalue weighted by atomic mass is 10.1. The zero-order valence-electron chi connectivity index (χ0n) is 11.7. The van der Waals surface area contributed by atoms with Crippen LogP contribution in [0.15, 0.2) is 36.4 Å². The molecule has 2 aromatic rings. The standard InChI is InChI=1S/C16H18ClNO2/c1-11-3-5-15(12(2)9-11)19-7-8-20-16-6-4-13(17)10-14(16)18/h3-6,9-10H,7-8,18H2,1-2H3. The van der Waals surface area contributed by atoms with E-state index in [-0.39, 0.29) is 0 Å². The van der Waals surface area contributed by atoms with Crippen LogP contribution >= 0.6 is 11.6 Å². The molecule has 0 aliphatic rings. The Bertz CT molecular complexity index is 546. The van der Waals surface area contributed by atoms with Crippen LogP contribution in [0.4, 0.5) is 5.69 Å². The molecule has 0 heterocycles. The zero-order valence-corrected chi connectivity index (χ0v) is 12.4. The van der Waals surface area contributed by atoms with Crippen LogP contribution in [-0.2, 0) is 0 Å². The topological polar surface area (TPSA) is 44.5 Å². The van der Waals surface area contributed by atoms with Crippen molar-refractivity contribution in [2.45, 2.75) is 13.8 Å². The van der Waals surface area contributed by atoms with Gasteiger partial charge in [-0.2, -0.15) is 0 Å². The van der Waals surface area contributed by atoms with Crippen molar-refractivity contribution in [2.75, 3.05) is 18.9 Å². The fourth-order valence-electron chi connectivity index (χ4n) is 1.92. The van der Waals surface area contributed by atoms with Crippen molar-refractivity contribution in [1.82, 2.24) is 0 Å². The maximum Gasteiger partial charge on any atom is 0.142 e. The van der Waals surface area contributed by atoms with Crippen molar-refractivity contribution in [3.63, 3.8) is 0 Å². The molecule has 106 valence electrons. The molecule has 2 N–H and O–H groups in total. The highest BCUT2D eigenvalue weighted by Crippen LogP contribution is 2.25. The van der Waals surface area contributed by atoms with Crippen molar-refractivity contribution in [3.05, 3.63) is 52.5 Å². The van der Waals surface area contributed by atoms with Crippen molar-refractivity contribution in [2.24, 2.45) is 0 Å². The quantitative estimate of drug-likeness (QED) is 0.669. The van der Waals surface area contributed by atoms with E-state index in [1.165, 1.54) is 5.56 Å². The molecule has 2 rings (SSSR count). The van der Waals surface area contributed by atoms with E-state index >= 15 is 0 Å². The normalized spacial score (nSPS) is 10.3. The van der Waals surface area contributed by atoms with E-state index in [1.807, 2.05) is 19.1 Å². The number of nitrogen functional groups attached to an aromatic ring is 1. The average molecular weight is 292 g/mol. The molecule has 0 saturated heterocycles. The third-order valence-corrected chi connectivity index (χ3v) is 3.14. The van der Waals surface area contributed by atoms with Crippen LogP contribution in [0.1, 0.15) is 11.1 Å². The van der Waals surface area contributed by atoms with Gasteiger partial charge in [-0.15, -0.1) is 0 Å². The SMILES string of the molecule is Cc1ccc(OCCOc2ccc(Cl)cc2N)c(C)c1. The Labute approximate surface area is 124 Å². The minimum absolute atomic E-state index is 0.430. The van der Waals surface area contributed by atoms with Gasteiger partial charge in [0.1, 0.15) is 24.7 Å². The smallest absolute Gasteiger partial charge is 0.142 e. The number of halogens is 1. The minimum atomic E-state index is 0.430. The first-order chi connectivity index (χ1) is 9.56. The Morgan fingerprint density at radius 1 is 0.950 bits per heavy atom. The Morgan fingerprint density at radius 2 is 1.60 bits per heavy atom. The molecule has 4 heteroatoms. The number of hydrogen-bond donors (Lipinski definition) is 1. The van der Waals surface area contributed by atoms with Gasteiger partial charge in [0.15, 0.2) is 0 Å². The van der Waals surface area contributed by atoms with Gasteiger partial charge in [0.05, 0.1) is 5.69 Å². The van der Waals surface area contributed by atoms with E-state index in [2.05, 4.69) is 13.0 Å². The molecule has 0 atom stereocenters. The maximum atomic E-state index is 5.83. The van der Waals surface area contributed by atoms with E-state index in [0.717, 1.165) is 11.3 Å². The molecule has 2 aromatic carbocycles. The van der Waals surface area contributed by atoms with Gasteiger partial charge in [0, 0.05) is 5.02 Å². The molecule has 0 aromatic heterocycles. The monoisotopic (exact) mass is 291 g/mol. The fraction of sp³-hybridized carbons (Fsp3) is 0.250. The summed E-state index contributed by atoms with van der Waals surface area (Å²) in [5.41, 5.74) is 8.68. The summed E-state index contributed by atoms with van der Waals surface area (Å²) in [5, 5.41) is 0.599. The summed E-state index contributed by atoms with van der Waals surface area (Å²) in [6.45, 7) is 4.98. The molecule has 0 fully saturated rings. The van der Waals surface area contributed by atoms with Crippen LogP contribution in [0.25, 0.3) is 0 Å². The third-order valence-electron chi connectivity index (χ3n) is 2.90. The Balaban J connectivity index is 1.84. The molecule has 3 nitrogen and oxygen atoms in total. The summed E-state index contributed by atoms with van der Waals surface area (Å²) in [7, 11) is 0. The van der Waals surface area contributed by atoms with Gasteiger partial charge in [-0.05, 0) is 43.7 Å². The number of aryl methyl sites for hydroxylation is 2. The molecule has 0 aliphatic heterocycles. The number of nitrogens with two attached hydrogens (primary N) is 1. The van der Waals surface area contributed by atoms with Crippen LogP contribution < -0.4 is 15.2 Å². The molecular weight excluding hydrogens is 274 g/mol. The van der Waals surface area contributed by atoms with Gasteiger partial charge < -0.3 is 15.2 Å². The van der Waals surface area contributed by atoms with Gasteiger partial charge in [-0.25, -0.2) is 0 Å². The lowest BCUT2D eigenvalue weighted by Gasteiger charge is -2.12. The summed E-state index contributed by atoms with van der Waals surface area (Å²) in [5.74, 6) is 1.50. The first-order valence-electron chi connectivity index (χ1n) is 6.44. The second-order valence-electron chi connectivity index (χ2n) is 4.65. The number of benzene rings is 2. The van der Waals surface area contributed by atoms with Crippen LogP contribution in [0.5, 0.6) is 11.5 Å². The highest BCUT2D eigenvalue weighted by molar-refractivity contribution is 6.30. The summed E-state index contributed by atoms with van der Waals surface area (Å²) >= 11 is 5.83. The molecular formula is C16H18ClNO2. The lowest BCUT2D eigenvalue weighted by molar-refractivity contribution is 0.217. The number of ether oxygens (including phenoxy) is 2. The van der Waals surface area contributed by atoms with Gasteiger partial charge in [0.25, 0.3) is 0 Å². The summed E-state index contributed by atoms with van der Waals surface area (Å²) < 4.78 is 11.3. The first-order valence-corrected chi connectivity index (χ1v) is 6.82. The molecule has 0 bridgehead atoms. The van der Waals surface area contributed by atoms with E-state index in [0.29, 0.717) is 29.7 Å². The van der Waals surface area contributed by atoms with Gasteiger partial charge >= 0.3 is 0 Å². The zero-order chi connectivity index (χ0) is 14.5. The first kappa shape index (κ1) is 14.5. The second kappa shape index (κ2) is 6.53. The third kappa shape index (κ3) is 3.81. The number of anilines is 1. The molecule has 0 amide bonds. The fourth-order valence-corrected chi connectivity index (χ4v) is 2.10. The van der Waals surface area contributed by atoms with Crippen LogP contribution in [0.3, 0.4) is 0 Å². The van der Waals surface area contributed by atoms with E-state index in [1.54, 1.807) is 18.2 Å². The summed E-state index contributed by atoms with van der Waals surface area (Å²) in [4.78, 5) is 0. The van der Waals surface area contributed by atoms with Crippen molar-refractivity contribution >= 4 is 17.3 Å². The van der Waals surface area contributed by atoms with Crippen molar-refractivity contribution in [1.29, 1.82) is 0 Å². The van der Waals surface area contributed by atoms with Crippen molar-refractivity contribution in [3.8, 4) is 11.5 Å². The van der Waals surface area contributed by atoms with E-state index in [9.17, 15) is 0 Å². The Hall–Kier alpha value is -1.87. The molecule has 0 saturated carbocycles. The average Bonchev–Trinajstić information content (AvgIpc) is 2.39. The largest absolute Gasteiger partial charge is 0.490 e. The molecule has 0 aliphatic carbocycles. The minimum Gasteiger partial charge on any atom is -0.490 e. The number of hydrogen-bond acceptors (Lipinski definition) is 3. The lowest BCUT2D eigenvalue weighted by Crippen LogP contribution is -2.10. The highest BCUT2D eigenvalue weighted by atomic mass is 35.5. The van der Waals surface area contributed by atoms with Gasteiger partial charge in [-0.3, -0.25) is 0 Å². The highest BCUT2D eigenvalue weighted by Gasteiger charge is 2.02. The molecule has 20 heavy (non-hydrogen) atoms.